The average Bonchev–Trinajstić information content (AvgIpc) is 1.82. The number of nitrogens with zero attached hydrogens (tertiary/aromatic N) is 17. The van der Waals surface area contributed by atoms with Crippen LogP contribution in [-0.4, -0.2) is 103 Å². The standard InChI is InChI=1S/C16H23N3.C14H18FN3O.C14H18FN3.C14H19N3.C12H15N3.C10H13N3S.CH4/c1-12(2)13-6-8-14(9-7-13)15-17-11-19(18-15)10-16(3,4)5;1-10(2)11-4-5-12(13(15)8-11)14-16-9-18(17-14)6-7-19-3;1-4-7-18-9-16-14(17-18)12-6-5-11(10(2)3)8-13(12)15;1-10(2)12-5-7-13(8-6-12)14-15-9-17(16-14)11(3)4;1-8(2)10-4-6-11(7-5-10)12-13-9(3)14-15-12;1-7(2)8-4-5-9(14-8)10-11-6-13(3)12-10;/h6-9,11-12H,10H2,1-5H3;4-5,8-10H,6-7H2,1-3H3;5-6,8-10H,4,7H2,1-3H3;5-11H,1-4H3;4-8H,1-3H3,(H,13,14,15);4-7H,1-3H3;1H4. The molecule has 0 bridgehead atoms. The fourth-order valence-corrected chi connectivity index (χ4v) is 11.0. The zero-order valence-electron chi connectivity index (χ0n) is 63.7. The Balaban J connectivity index is 0.000000194. The van der Waals surface area contributed by atoms with Crippen molar-refractivity contribution in [2.45, 2.75) is 207 Å². The molecule has 12 rings (SSSR count). The van der Waals surface area contributed by atoms with Crippen LogP contribution in [0.15, 0.2) is 153 Å². The first-order valence-corrected chi connectivity index (χ1v) is 36.1. The second-order valence-electron chi connectivity index (χ2n) is 28.6. The second kappa shape index (κ2) is 39.2. The van der Waals surface area contributed by atoms with E-state index >= 15 is 0 Å². The summed E-state index contributed by atoms with van der Waals surface area (Å²) < 4.78 is 41.9. The minimum atomic E-state index is -0.282. The Morgan fingerprint density at radius 2 is 0.883 bits per heavy atom. The van der Waals surface area contributed by atoms with Crippen LogP contribution in [0.25, 0.3) is 67.6 Å². The summed E-state index contributed by atoms with van der Waals surface area (Å²) in [5, 5.41) is 28.8. The van der Waals surface area contributed by atoms with Gasteiger partial charge in [-0.3, -0.25) is 23.8 Å². The van der Waals surface area contributed by atoms with Crippen LogP contribution < -0.4 is 0 Å². The van der Waals surface area contributed by atoms with Gasteiger partial charge in [-0.05, 0) is 132 Å². The van der Waals surface area contributed by atoms with E-state index in [4.69, 9.17) is 4.74 Å². The highest BCUT2D eigenvalue weighted by Crippen LogP contribution is 2.31. The van der Waals surface area contributed by atoms with Gasteiger partial charge >= 0.3 is 0 Å². The number of benzene rings is 5. The van der Waals surface area contributed by atoms with Crippen LogP contribution >= 0.6 is 11.3 Å². The molecule has 0 saturated heterocycles. The van der Waals surface area contributed by atoms with Gasteiger partial charge in [-0.1, -0.05) is 203 Å². The number of H-pyrrole nitrogens is 1. The minimum Gasteiger partial charge on any atom is -0.383 e. The van der Waals surface area contributed by atoms with E-state index in [1.54, 1.807) is 82.1 Å². The molecule has 19 nitrogen and oxygen atoms in total. The molecule has 22 heteroatoms. The van der Waals surface area contributed by atoms with Gasteiger partial charge in [-0.2, -0.15) is 30.6 Å². The Morgan fingerprint density at radius 3 is 1.26 bits per heavy atom. The summed E-state index contributed by atoms with van der Waals surface area (Å²) in [5.74, 6) is 7.25. The van der Waals surface area contributed by atoms with E-state index in [0.29, 0.717) is 77.5 Å². The molecule has 7 heterocycles. The van der Waals surface area contributed by atoms with Gasteiger partial charge in [-0.25, -0.2) is 43.4 Å². The number of ether oxygens (including phenoxy) is 1. The molecule has 0 saturated carbocycles. The highest BCUT2D eigenvalue weighted by molar-refractivity contribution is 7.15. The van der Waals surface area contributed by atoms with E-state index in [-0.39, 0.29) is 24.5 Å². The van der Waals surface area contributed by atoms with E-state index in [1.165, 1.54) is 21.6 Å². The first-order chi connectivity index (χ1) is 48.5. The topological polar surface area (TPSA) is 204 Å². The second-order valence-corrected chi connectivity index (χ2v) is 29.7. The number of nitrogens with one attached hydrogen (secondary N) is 1. The van der Waals surface area contributed by atoms with Gasteiger partial charge in [0, 0.05) is 54.9 Å². The lowest BCUT2D eigenvalue weighted by atomic mass is 9.97. The highest BCUT2D eigenvalue weighted by Gasteiger charge is 2.17. The lowest BCUT2D eigenvalue weighted by Gasteiger charge is -2.16. The zero-order chi connectivity index (χ0) is 74.4. The van der Waals surface area contributed by atoms with Crippen LogP contribution in [0.4, 0.5) is 8.78 Å². The largest absolute Gasteiger partial charge is 0.383 e. The predicted molar refractivity (Wildman–Crippen MR) is 416 cm³/mol. The summed E-state index contributed by atoms with van der Waals surface area (Å²) in [6.45, 7) is 43.3. The van der Waals surface area contributed by atoms with E-state index in [2.05, 4.69) is 247 Å². The third kappa shape index (κ3) is 25.1. The number of methoxy groups -OCH3 is 1. The van der Waals surface area contributed by atoms with Crippen molar-refractivity contribution in [2.24, 2.45) is 12.5 Å². The molecule has 0 radical (unpaired) electrons. The van der Waals surface area contributed by atoms with E-state index in [9.17, 15) is 8.78 Å². The van der Waals surface area contributed by atoms with Crippen LogP contribution in [0.2, 0.25) is 0 Å². The minimum absolute atomic E-state index is 0. The van der Waals surface area contributed by atoms with Crippen molar-refractivity contribution < 1.29 is 13.5 Å². The Morgan fingerprint density at radius 1 is 0.466 bits per heavy atom. The fraction of sp³-hybridized carbons (Fsp3) is 0.432. The Labute approximate surface area is 614 Å². The van der Waals surface area contributed by atoms with Crippen LogP contribution in [0.5, 0.6) is 0 Å². The maximum Gasteiger partial charge on any atom is 0.191 e. The SMILES string of the molecule is C.CC(C)c1ccc(-c2ncn(C(C)C)n2)cc1.CC(C)c1ccc(-c2ncn(C)n2)s1.CC(C)c1ccc(-c2ncn(CC(C)(C)C)n2)cc1.CCCn1cnc(-c2ccc(C(C)C)cc2F)n1.COCCn1cnc(-c2ccc(C(C)C)cc2F)n1.Cc1nc(-c2ccc(C(C)C)cc2)n[nH]1. The highest BCUT2D eigenvalue weighted by atomic mass is 32.1. The Kier molecular flexibility index (Phi) is 31.4. The summed E-state index contributed by atoms with van der Waals surface area (Å²) in [4.78, 5) is 28.1. The van der Waals surface area contributed by atoms with Gasteiger partial charge in [0.15, 0.2) is 34.9 Å². The van der Waals surface area contributed by atoms with Crippen LogP contribution in [0, 0.1) is 24.0 Å². The molecule has 550 valence electrons. The van der Waals surface area contributed by atoms with Crippen molar-refractivity contribution >= 4 is 11.3 Å². The van der Waals surface area contributed by atoms with E-state index < -0.39 is 0 Å². The Hall–Kier alpha value is -9.54. The zero-order valence-corrected chi connectivity index (χ0v) is 64.5. The summed E-state index contributed by atoms with van der Waals surface area (Å²) in [5.41, 5.74) is 10.3. The van der Waals surface area contributed by atoms with Crippen molar-refractivity contribution in [2.75, 3.05) is 13.7 Å². The molecular weight excluding hydrogens is 1310 g/mol. The van der Waals surface area contributed by atoms with Gasteiger partial charge in [0.1, 0.15) is 49.1 Å². The van der Waals surface area contributed by atoms with E-state index in [1.807, 2.05) is 69.5 Å². The number of aryl methyl sites for hydroxylation is 3. The predicted octanol–water partition coefficient (Wildman–Crippen LogP) is 20.4. The maximum atomic E-state index is 14.0. The number of halogens is 2. The number of rotatable bonds is 19. The quantitative estimate of drug-likeness (QED) is 0.0801. The number of aromatic amines is 1. The summed E-state index contributed by atoms with van der Waals surface area (Å²) in [6, 6.07) is 40.5. The van der Waals surface area contributed by atoms with Crippen LogP contribution in [0.1, 0.15) is 219 Å². The van der Waals surface area contributed by atoms with Crippen LogP contribution in [0.3, 0.4) is 0 Å². The third-order valence-corrected chi connectivity index (χ3v) is 17.6. The summed E-state index contributed by atoms with van der Waals surface area (Å²) >= 11 is 1.77. The number of hydrogen-bond donors (Lipinski definition) is 1. The fourth-order valence-electron chi connectivity index (χ4n) is 10.0. The van der Waals surface area contributed by atoms with Crippen molar-refractivity contribution in [3.63, 3.8) is 0 Å². The third-order valence-electron chi connectivity index (χ3n) is 16.2. The van der Waals surface area contributed by atoms with Gasteiger partial charge < -0.3 is 4.74 Å². The summed E-state index contributed by atoms with van der Waals surface area (Å²) in [7, 11) is 3.51. The van der Waals surface area contributed by atoms with Gasteiger partial charge in [0.05, 0.1) is 29.2 Å². The molecule has 0 atom stereocenters. The van der Waals surface area contributed by atoms with Crippen LogP contribution in [-0.2, 0) is 31.4 Å². The smallest absolute Gasteiger partial charge is 0.191 e. The first-order valence-electron chi connectivity index (χ1n) is 35.3. The average molecular weight is 1420 g/mol. The van der Waals surface area contributed by atoms with Gasteiger partial charge in [-0.15, -0.1) is 11.3 Å². The van der Waals surface area contributed by atoms with Gasteiger partial charge in [0.2, 0.25) is 0 Å². The maximum absolute atomic E-state index is 14.0. The lowest BCUT2D eigenvalue weighted by molar-refractivity contribution is 0.183. The molecule has 0 aliphatic rings. The molecule has 0 unspecified atom stereocenters. The molecular formula is C81H110F2N18OS. The Bertz CT molecular complexity index is 4420. The number of thiophene rings is 1. The number of aromatic nitrogens is 18. The lowest BCUT2D eigenvalue weighted by Crippen LogP contribution is -2.15. The van der Waals surface area contributed by atoms with Crippen molar-refractivity contribution in [3.05, 3.63) is 203 Å². The summed E-state index contributed by atoms with van der Waals surface area (Å²) in [6.07, 6.45) is 9.55. The first kappa shape index (κ1) is 82.4. The van der Waals surface area contributed by atoms with E-state index in [0.717, 1.165) is 81.3 Å². The molecule has 7 aromatic heterocycles. The molecule has 0 amide bonds. The van der Waals surface area contributed by atoms with Gasteiger partial charge in [0.25, 0.3) is 0 Å². The van der Waals surface area contributed by atoms with Crippen molar-refractivity contribution in [1.29, 1.82) is 0 Å². The van der Waals surface area contributed by atoms with Crippen molar-refractivity contribution in [1.82, 2.24) is 89.0 Å². The normalized spacial score (nSPS) is 11.2. The van der Waals surface area contributed by atoms with Crippen molar-refractivity contribution in [3.8, 4) is 67.6 Å². The molecule has 103 heavy (non-hydrogen) atoms. The molecule has 1 N–H and O–H groups in total. The molecule has 0 fully saturated rings. The monoisotopic (exact) mass is 1420 g/mol. The molecule has 12 aromatic rings. The molecule has 0 aliphatic heterocycles. The molecule has 0 aliphatic carbocycles. The molecule has 0 spiro atoms. The number of hydrogen-bond acceptors (Lipinski definition) is 14. The molecule has 5 aromatic carbocycles.